The van der Waals surface area contributed by atoms with Crippen LogP contribution in [0, 0.1) is 6.92 Å². The van der Waals surface area contributed by atoms with E-state index in [-0.39, 0.29) is 33.3 Å². The zero-order valence-corrected chi connectivity index (χ0v) is 13.8. The normalized spacial score (nSPS) is 22.3. The van der Waals surface area contributed by atoms with Crippen molar-refractivity contribution in [3.8, 4) is 0 Å². The van der Waals surface area contributed by atoms with Crippen molar-refractivity contribution in [1.29, 1.82) is 0 Å². The Hall–Kier alpha value is -2.38. The molecule has 10 radical (unpaired) electrons. The summed E-state index contributed by atoms with van der Waals surface area (Å²) in [5.74, 6) is -3.06. The highest BCUT2D eigenvalue weighted by Gasteiger charge is 2.47. The highest BCUT2D eigenvalue weighted by atomic mass is 16.2. The van der Waals surface area contributed by atoms with Gasteiger partial charge in [0.1, 0.15) is 27.6 Å². The maximum Gasteiger partial charge on any atom is 0.264 e. The zero-order valence-electron chi connectivity index (χ0n) is 13.8. The molecule has 2 amide bonds. The number of benzene rings is 1. The molecule has 118 valence electrons. The molecule has 3 rings (SSSR count). The molecule has 0 saturated carbocycles. The average Bonchev–Trinajstić information content (AvgIpc) is 2.53. The molecule has 1 aromatic carbocycles. The van der Waals surface area contributed by atoms with Gasteiger partial charge in [0.15, 0.2) is 0 Å². The van der Waals surface area contributed by atoms with Gasteiger partial charge in [-0.15, -0.1) is 0 Å². The van der Waals surface area contributed by atoms with Crippen LogP contribution in [0.3, 0.4) is 0 Å². The monoisotopic (exact) mass is 336 g/mol. The van der Waals surface area contributed by atoms with Gasteiger partial charge >= 0.3 is 0 Å². The van der Waals surface area contributed by atoms with Gasteiger partial charge in [0, 0.05) is 5.69 Å². The van der Waals surface area contributed by atoms with E-state index in [0.717, 1.165) is 4.57 Å². The zero-order chi connectivity index (χ0) is 19.5. The maximum absolute atomic E-state index is 13.1. The molecule has 0 bridgehead atoms. The standard InChI is InChI=1S/C14H9B5N4O3/c1-3-21-8-6(5(20)2-4(15)7(8)16)12(25)23(3)9-10(17)14(18,19)13(26)22-11(9)24/h2,9-10H,20H2,1H3,(H,22,24,26). The maximum atomic E-state index is 13.1. The average molecular weight is 335 g/mol. The van der Waals surface area contributed by atoms with Gasteiger partial charge in [-0.1, -0.05) is 10.9 Å². The molecule has 3 N–H and O–H groups in total. The number of aryl methyl sites for hydroxylation is 1. The van der Waals surface area contributed by atoms with Crippen LogP contribution in [0.25, 0.3) is 10.9 Å². The molecule has 26 heavy (non-hydrogen) atoms. The van der Waals surface area contributed by atoms with Crippen LogP contribution in [-0.2, 0) is 9.59 Å². The highest BCUT2D eigenvalue weighted by Crippen LogP contribution is 2.42. The van der Waals surface area contributed by atoms with Crippen LogP contribution < -0.4 is 27.5 Å². The molecule has 1 fully saturated rings. The number of carbonyl (C=O) groups excluding carboxylic acids is 2. The number of nitrogens with two attached hydrogens (primary N) is 1. The fourth-order valence-electron chi connectivity index (χ4n) is 3.02. The van der Waals surface area contributed by atoms with Crippen LogP contribution >= 0.6 is 0 Å². The van der Waals surface area contributed by atoms with Crippen molar-refractivity contribution in [2.45, 2.75) is 24.0 Å². The molecule has 1 saturated heterocycles. The molecule has 1 aliphatic heterocycles. The van der Waals surface area contributed by atoms with Crippen molar-refractivity contribution in [2.75, 3.05) is 5.73 Å². The number of aromatic nitrogens is 2. The summed E-state index contributed by atoms with van der Waals surface area (Å²) in [5.41, 5.74) is 5.60. The first kappa shape index (κ1) is 18.4. The Labute approximate surface area is 155 Å². The van der Waals surface area contributed by atoms with E-state index in [1.54, 1.807) is 0 Å². The summed E-state index contributed by atoms with van der Waals surface area (Å²) in [7, 11) is 29.1. The van der Waals surface area contributed by atoms with E-state index in [2.05, 4.69) is 4.98 Å². The molecule has 2 unspecified atom stereocenters. The Bertz CT molecular complexity index is 1040. The minimum atomic E-state index is -2.06. The number of rotatable bonds is 1. The van der Waals surface area contributed by atoms with Crippen LogP contribution in [0.1, 0.15) is 11.9 Å². The van der Waals surface area contributed by atoms with Gasteiger partial charge in [-0.2, -0.15) is 0 Å². The summed E-state index contributed by atoms with van der Waals surface area (Å²) in [6, 6.07) is -0.0497. The number of nitrogens with one attached hydrogen (secondary N) is 1. The third kappa shape index (κ3) is 2.42. The molecule has 0 spiro atoms. The predicted octanol–water partition coefficient (Wildman–Crippen LogP) is -3.52. The quantitative estimate of drug-likeness (QED) is 0.319. The fourth-order valence-corrected chi connectivity index (χ4v) is 3.02. The Morgan fingerprint density at radius 3 is 2.50 bits per heavy atom. The molecule has 2 aromatic rings. The molecular weight excluding hydrogens is 326 g/mol. The lowest BCUT2D eigenvalue weighted by Gasteiger charge is -2.42. The van der Waals surface area contributed by atoms with E-state index < -0.39 is 34.4 Å². The number of fused-ring (bicyclic) bond motifs is 1. The lowest BCUT2D eigenvalue weighted by Crippen LogP contribution is -2.55. The lowest BCUT2D eigenvalue weighted by molar-refractivity contribution is -0.136. The summed E-state index contributed by atoms with van der Waals surface area (Å²) in [6.07, 6.45) is 0. The summed E-state index contributed by atoms with van der Waals surface area (Å²) in [6.45, 7) is 1.46. The van der Waals surface area contributed by atoms with Gasteiger partial charge in [0.2, 0.25) is 11.8 Å². The number of amides is 2. The molecular formula is C14H9B5N4O3. The van der Waals surface area contributed by atoms with E-state index in [4.69, 9.17) is 45.0 Å². The van der Waals surface area contributed by atoms with E-state index in [0.29, 0.717) is 0 Å². The van der Waals surface area contributed by atoms with Crippen LogP contribution in [0.15, 0.2) is 10.9 Å². The number of hydrogen-bond acceptors (Lipinski definition) is 5. The number of anilines is 1. The van der Waals surface area contributed by atoms with Crippen molar-refractivity contribution < 1.29 is 9.59 Å². The third-order valence-electron chi connectivity index (χ3n) is 4.53. The lowest BCUT2D eigenvalue weighted by atomic mass is 9.40. The number of carbonyl (C=O) groups is 2. The second-order valence-electron chi connectivity index (χ2n) is 6.25. The van der Waals surface area contributed by atoms with Crippen LogP contribution in [0.2, 0.25) is 11.0 Å². The number of nitrogens with zero attached hydrogens (tertiary/aromatic N) is 2. The van der Waals surface area contributed by atoms with E-state index in [1.807, 2.05) is 5.32 Å². The van der Waals surface area contributed by atoms with Gasteiger partial charge in [-0.25, -0.2) is 4.98 Å². The first-order valence-corrected chi connectivity index (χ1v) is 7.53. The van der Waals surface area contributed by atoms with Gasteiger partial charge in [0.25, 0.3) is 5.56 Å². The van der Waals surface area contributed by atoms with Crippen LogP contribution in [0.5, 0.6) is 0 Å². The van der Waals surface area contributed by atoms with Crippen molar-refractivity contribution in [2.24, 2.45) is 0 Å². The summed E-state index contributed by atoms with van der Waals surface area (Å²) < 4.78 is 0.995. The van der Waals surface area contributed by atoms with Crippen molar-refractivity contribution in [3.05, 3.63) is 22.2 Å². The summed E-state index contributed by atoms with van der Waals surface area (Å²) in [4.78, 5) is 41.5. The van der Waals surface area contributed by atoms with E-state index in [9.17, 15) is 14.4 Å². The minimum Gasteiger partial charge on any atom is -0.398 e. The Kier molecular flexibility index (Phi) is 4.12. The van der Waals surface area contributed by atoms with Crippen LogP contribution in [-0.4, -0.2) is 60.6 Å². The highest BCUT2D eigenvalue weighted by molar-refractivity contribution is 6.56. The SMILES string of the molecule is [B]c1cc(N)c2c(=O)n(C3C(=O)NC(=O)C([B])([B])C3[B])c(C)nc2c1[B]. The van der Waals surface area contributed by atoms with Crippen molar-refractivity contribution in [3.63, 3.8) is 0 Å². The van der Waals surface area contributed by atoms with Crippen LogP contribution in [0.4, 0.5) is 5.69 Å². The molecule has 7 nitrogen and oxygen atoms in total. The molecule has 2 heterocycles. The molecule has 2 atom stereocenters. The molecule has 1 aliphatic rings. The van der Waals surface area contributed by atoms with Crippen molar-refractivity contribution in [1.82, 2.24) is 14.9 Å². The first-order valence-electron chi connectivity index (χ1n) is 7.53. The first-order chi connectivity index (χ1) is 12.0. The van der Waals surface area contributed by atoms with Gasteiger partial charge in [-0.05, 0) is 24.0 Å². The number of imide groups is 1. The fraction of sp³-hybridized carbons (Fsp3) is 0.286. The van der Waals surface area contributed by atoms with Gasteiger partial charge < -0.3 is 5.73 Å². The van der Waals surface area contributed by atoms with Gasteiger partial charge in [0.05, 0.1) is 34.4 Å². The number of nitrogen functional groups attached to an aromatic ring is 1. The summed E-state index contributed by atoms with van der Waals surface area (Å²) >= 11 is 0. The second kappa shape index (κ2) is 5.82. The molecule has 1 aromatic heterocycles. The number of hydrogen-bond donors (Lipinski definition) is 2. The van der Waals surface area contributed by atoms with E-state index in [1.165, 1.54) is 13.0 Å². The number of piperidine rings is 1. The Morgan fingerprint density at radius 2 is 1.88 bits per heavy atom. The minimum absolute atomic E-state index is 0.0288. The molecule has 0 aliphatic carbocycles. The second-order valence-corrected chi connectivity index (χ2v) is 6.25. The topological polar surface area (TPSA) is 107 Å². The van der Waals surface area contributed by atoms with Gasteiger partial charge in [-0.3, -0.25) is 24.3 Å². The largest absolute Gasteiger partial charge is 0.398 e. The summed E-state index contributed by atoms with van der Waals surface area (Å²) in [5, 5.41) is -0.0784. The van der Waals surface area contributed by atoms with Crippen molar-refractivity contribution >= 4 is 78.6 Å². The Morgan fingerprint density at radius 1 is 1.27 bits per heavy atom. The predicted molar refractivity (Wildman–Crippen MR) is 102 cm³/mol. The molecule has 12 heteroatoms. The Balaban J connectivity index is 2.35. The van der Waals surface area contributed by atoms with E-state index >= 15 is 0 Å². The smallest absolute Gasteiger partial charge is 0.264 e. The third-order valence-corrected chi connectivity index (χ3v) is 4.53.